The largest absolute Gasteiger partial charge is 0.313 e. The van der Waals surface area contributed by atoms with Crippen LogP contribution in [0.3, 0.4) is 0 Å². The predicted molar refractivity (Wildman–Crippen MR) is 81.0 cm³/mol. The predicted octanol–water partition coefficient (Wildman–Crippen LogP) is 4.69. The molecule has 2 saturated carbocycles. The first kappa shape index (κ1) is 14.1. The summed E-state index contributed by atoms with van der Waals surface area (Å²) in [7, 11) is 2.02. The molecule has 4 atom stereocenters. The molecule has 20 heavy (non-hydrogen) atoms. The second kappa shape index (κ2) is 6.26. The van der Waals surface area contributed by atoms with Crippen molar-refractivity contribution in [3.8, 4) is 0 Å². The summed E-state index contributed by atoms with van der Waals surface area (Å²) in [6.07, 6.45) is 9.71. The molecule has 2 heteroatoms. The van der Waals surface area contributed by atoms with Crippen LogP contribution < -0.4 is 5.32 Å². The van der Waals surface area contributed by atoms with Crippen molar-refractivity contribution in [3.05, 3.63) is 35.6 Å². The van der Waals surface area contributed by atoms with Crippen LogP contribution in [-0.2, 0) is 0 Å². The van der Waals surface area contributed by atoms with Gasteiger partial charge in [0.25, 0.3) is 0 Å². The quantitative estimate of drug-likeness (QED) is 0.843. The minimum absolute atomic E-state index is 0.117. The molecule has 0 saturated heterocycles. The van der Waals surface area contributed by atoms with E-state index in [2.05, 4.69) is 11.4 Å². The van der Waals surface area contributed by atoms with E-state index < -0.39 is 0 Å². The average molecular weight is 275 g/mol. The Morgan fingerprint density at radius 3 is 2.65 bits per heavy atom. The van der Waals surface area contributed by atoms with Crippen LogP contribution in [-0.4, -0.2) is 7.05 Å². The Morgan fingerprint density at radius 1 is 1.10 bits per heavy atom. The molecule has 0 bridgehead atoms. The van der Waals surface area contributed by atoms with Crippen molar-refractivity contribution < 1.29 is 4.39 Å². The van der Waals surface area contributed by atoms with E-state index in [1.165, 1.54) is 51.0 Å². The highest BCUT2D eigenvalue weighted by Gasteiger charge is 2.35. The van der Waals surface area contributed by atoms with Gasteiger partial charge in [-0.2, -0.15) is 0 Å². The third kappa shape index (κ3) is 2.90. The third-order valence-corrected chi connectivity index (χ3v) is 5.57. The zero-order valence-electron chi connectivity index (χ0n) is 12.4. The number of nitrogens with one attached hydrogen (secondary N) is 1. The van der Waals surface area contributed by atoms with Crippen molar-refractivity contribution in [1.82, 2.24) is 5.32 Å². The summed E-state index contributed by atoms with van der Waals surface area (Å²) in [5.74, 6) is 2.45. The van der Waals surface area contributed by atoms with E-state index in [9.17, 15) is 4.39 Å². The summed E-state index contributed by atoms with van der Waals surface area (Å²) in [5.41, 5.74) is 1.12. The van der Waals surface area contributed by atoms with E-state index in [0.29, 0.717) is 12.0 Å². The number of halogens is 1. The van der Waals surface area contributed by atoms with Gasteiger partial charge in [-0.1, -0.05) is 37.8 Å². The third-order valence-electron chi connectivity index (χ3n) is 5.57. The van der Waals surface area contributed by atoms with Gasteiger partial charge in [-0.25, -0.2) is 4.39 Å². The Morgan fingerprint density at radius 2 is 1.90 bits per heavy atom. The van der Waals surface area contributed by atoms with Crippen LogP contribution in [0.2, 0.25) is 0 Å². The summed E-state index contributed by atoms with van der Waals surface area (Å²) < 4.78 is 13.5. The van der Waals surface area contributed by atoms with Crippen molar-refractivity contribution in [2.24, 2.45) is 17.8 Å². The van der Waals surface area contributed by atoms with Gasteiger partial charge in [-0.15, -0.1) is 0 Å². The first-order valence-electron chi connectivity index (χ1n) is 8.20. The average Bonchev–Trinajstić information content (AvgIpc) is 2.48. The number of fused-ring (bicyclic) bond motifs is 1. The Hall–Kier alpha value is -0.890. The highest BCUT2D eigenvalue weighted by atomic mass is 19.1. The van der Waals surface area contributed by atoms with Crippen molar-refractivity contribution in [2.75, 3.05) is 7.05 Å². The SMILES string of the molecule is CNC(c1cccc(F)c1)C1CCC2CCCCC2C1. The molecule has 2 aliphatic carbocycles. The molecule has 1 aromatic carbocycles. The van der Waals surface area contributed by atoms with Crippen LogP contribution in [0.15, 0.2) is 24.3 Å². The topological polar surface area (TPSA) is 12.0 Å². The van der Waals surface area contributed by atoms with Gasteiger partial charge in [0.1, 0.15) is 5.82 Å². The smallest absolute Gasteiger partial charge is 0.123 e. The minimum atomic E-state index is -0.117. The maximum Gasteiger partial charge on any atom is 0.123 e. The maximum absolute atomic E-state index is 13.5. The molecule has 1 N–H and O–H groups in total. The molecule has 0 aliphatic heterocycles. The molecule has 2 fully saturated rings. The van der Waals surface area contributed by atoms with Gasteiger partial charge in [0.2, 0.25) is 0 Å². The lowest BCUT2D eigenvalue weighted by Crippen LogP contribution is -2.34. The molecule has 110 valence electrons. The van der Waals surface area contributed by atoms with Crippen molar-refractivity contribution in [2.45, 2.75) is 51.0 Å². The van der Waals surface area contributed by atoms with E-state index in [1.807, 2.05) is 13.1 Å². The van der Waals surface area contributed by atoms with Crippen molar-refractivity contribution in [3.63, 3.8) is 0 Å². The molecule has 4 unspecified atom stereocenters. The lowest BCUT2D eigenvalue weighted by atomic mass is 9.65. The first-order valence-corrected chi connectivity index (χ1v) is 8.20. The monoisotopic (exact) mass is 275 g/mol. The van der Waals surface area contributed by atoms with E-state index in [1.54, 1.807) is 6.07 Å². The molecule has 0 aromatic heterocycles. The van der Waals surface area contributed by atoms with Gasteiger partial charge in [-0.05, 0) is 61.8 Å². The molecule has 0 radical (unpaired) electrons. The van der Waals surface area contributed by atoms with Gasteiger partial charge >= 0.3 is 0 Å². The molecule has 3 rings (SSSR count). The molecule has 1 aromatic rings. The van der Waals surface area contributed by atoms with Gasteiger partial charge in [0.15, 0.2) is 0 Å². The van der Waals surface area contributed by atoms with Crippen molar-refractivity contribution in [1.29, 1.82) is 0 Å². The Kier molecular flexibility index (Phi) is 4.40. The van der Waals surface area contributed by atoms with Crippen LogP contribution in [0.5, 0.6) is 0 Å². The second-order valence-corrected chi connectivity index (χ2v) is 6.70. The zero-order chi connectivity index (χ0) is 13.9. The van der Waals surface area contributed by atoms with Crippen molar-refractivity contribution >= 4 is 0 Å². The number of benzene rings is 1. The Labute approximate surface area is 122 Å². The van der Waals surface area contributed by atoms with Gasteiger partial charge < -0.3 is 5.32 Å². The first-order chi connectivity index (χ1) is 9.78. The molecule has 0 heterocycles. The normalized spacial score (nSPS) is 31.6. The van der Waals surface area contributed by atoms with Gasteiger partial charge in [0, 0.05) is 6.04 Å². The lowest BCUT2D eigenvalue weighted by molar-refractivity contribution is 0.111. The number of rotatable bonds is 3. The summed E-state index contributed by atoms with van der Waals surface area (Å²) in [6, 6.07) is 7.45. The van der Waals surface area contributed by atoms with E-state index >= 15 is 0 Å². The Balaban J connectivity index is 1.73. The standard InChI is InChI=1S/C18H26FN/c1-20-18(15-7-4-8-17(19)12-15)16-10-9-13-5-2-3-6-14(13)11-16/h4,7-8,12-14,16,18,20H,2-3,5-6,9-11H2,1H3. The fourth-order valence-electron chi connectivity index (χ4n) is 4.59. The molecular formula is C18H26FN. The van der Waals surface area contributed by atoms with E-state index in [4.69, 9.17) is 0 Å². The summed E-state index contributed by atoms with van der Waals surface area (Å²) >= 11 is 0. The van der Waals surface area contributed by atoms with E-state index in [0.717, 1.165) is 17.4 Å². The van der Waals surface area contributed by atoms with Crippen LogP contribution in [0, 0.1) is 23.6 Å². The fourth-order valence-corrected chi connectivity index (χ4v) is 4.59. The second-order valence-electron chi connectivity index (χ2n) is 6.70. The number of hydrogen-bond donors (Lipinski definition) is 1. The molecule has 0 spiro atoms. The Bertz CT molecular complexity index is 445. The highest BCUT2D eigenvalue weighted by molar-refractivity contribution is 5.21. The zero-order valence-corrected chi connectivity index (χ0v) is 12.4. The van der Waals surface area contributed by atoms with Crippen LogP contribution in [0.4, 0.5) is 4.39 Å². The summed E-state index contributed by atoms with van der Waals surface area (Å²) in [5, 5.41) is 3.44. The van der Waals surface area contributed by atoms with Crippen LogP contribution in [0.25, 0.3) is 0 Å². The fraction of sp³-hybridized carbons (Fsp3) is 0.667. The van der Waals surface area contributed by atoms with Gasteiger partial charge in [0.05, 0.1) is 0 Å². The highest BCUT2D eigenvalue weighted by Crippen LogP contribution is 2.46. The van der Waals surface area contributed by atoms with E-state index in [-0.39, 0.29) is 5.82 Å². The molecule has 0 amide bonds. The van der Waals surface area contributed by atoms with Gasteiger partial charge in [-0.3, -0.25) is 0 Å². The lowest BCUT2D eigenvalue weighted by Gasteiger charge is -2.42. The van der Waals surface area contributed by atoms with Crippen LogP contribution >= 0.6 is 0 Å². The summed E-state index contributed by atoms with van der Waals surface area (Å²) in [4.78, 5) is 0. The van der Waals surface area contributed by atoms with Crippen LogP contribution in [0.1, 0.15) is 56.6 Å². The molecule has 2 aliphatic rings. The maximum atomic E-state index is 13.5. The molecule has 1 nitrogen and oxygen atoms in total. The minimum Gasteiger partial charge on any atom is -0.313 e. The summed E-state index contributed by atoms with van der Waals surface area (Å²) in [6.45, 7) is 0. The number of hydrogen-bond acceptors (Lipinski definition) is 1. The molecular weight excluding hydrogens is 249 g/mol.